The molecule has 0 aliphatic carbocycles. The summed E-state index contributed by atoms with van der Waals surface area (Å²) in [5, 5.41) is 12.5. The Balaban J connectivity index is 1.81. The van der Waals surface area contributed by atoms with Gasteiger partial charge in [-0.2, -0.15) is 5.10 Å². The number of fused-ring (bicyclic) bond motifs is 3. The summed E-state index contributed by atoms with van der Waals surface area (Å²) in [6, 6.07) is 1.13. The second-order valence-corrected chi connectivity index (χ2v) is 12.6. The van der Waals surface area contributed by atoms with Gasteiger partial charge in [-0.05, 0) is 22.0 Å². The van der Waals surface area contributed by atoms with E-state index in [-0.39, 0.29) is 0 Å². The number of hydrogen-bond donors (Lipinski definition) is 0. The summed E-state index contributed by atoms with van der Waals surface area (Å²) in [5.74, 6) is 0. The lowest BCUT2D eigenvalue weighted by Gasteiger charge is -2.15. The van der Waals surface area contributed by atoms with Crippen LogP contribution in [-0.4, -0.2) is 44.3 Å². The van der Waals surface area contributed by atoms with Gasteiger partial charge >= 0.3 is 0 Å². The summed E-state index contributed by atoms with van der Waals surface area (Å²) in [6.07, 6.45) is 3.38. The topological polar surface area (TPSA) is 70.1 Å². The molecule has 3 heterocycles. The summed E-state index contributed by atoms with van der Waals surface area (Å²) in [7, 11) is -1.07. The quantitative estimate of drug-likeness (QED) is 0.511. The molecule has 0 radical (unpaired) electrons. The minimum absolute atomic E-state index is 0.371. The molecule has 0 fully saturated rings. The molecule has 0 aliphatic rings. The first kappa shape index (κ1) is 14.6. The normalized spacial score (nSPS) is 12.6. The van der Waals surface area contributed by atoms with Crippen molar-refractivity contribution in [1.82, 2.24) is 29.6 Å². The zero-order valence-electron chi connectivity index (χ0n) is 12.2. The predicted molar refractivity (Wildman–Crippen MR) is 85.9 cm³/mol. The van der Waals surface area contributed by atoms with Gasteiger partial charge in [-0.25, -0.2) is 14.2 Å². The Bertz CT molecular complexity index is 777. The molecular formula is C12H17BrN6OSi. The molecule has 0 spiro atoms. The minimum Gasteiger partial charge on any atom is -0.359 e. The molecule has 21 heavy (non-hydrogen) atoms. The number of ether oxygens (including phenoxy) is 1. The summed E-state index contributed by atoms with van der Waals surface area (Å²) in [6.45, 7) is 8.11. The van der Waals surface area contributed by atoms with Crippen LogP contribution in [0.1, 0.15) is 0 Å². The van der Waals surface area contributed by atoms with E-state index in [1.165, 1.54) is 0 Å². The average Bonchev–Trinajstić information content (AvgIpc) is 2.98. The van der Waals surface area contributed by atoms with Crippen LogP contribution >= 0.6 is 15.9 Å². The molecule has 112 valence electrons. The van der Waals surface area contributed by atoms with Gasteiger partial charge in [0.15, 0.2) is 11.2 Å². The molecule has 0 amide bonds. The van der Waals surface area contributed by atoms with Crippen LogP contribution in [0.4, 0.5) is 0 Å². The highest BCUT2D eigenvalue weighted by molar-refractivity contribution is 9.10. The van der Waals surface area contributed by atoms with Crippen molar-refractivity contribution in [1.29, 1.82) is 0 Å². The van der Waals surface area contributed by atoms with E-state index in [4.69, 9.17) is 4.74 Å². The molecule has 3 aromatic heterocycles. The van der Waals surface area contributed by atoms with Gasteiger partial charge in [0.05, 0.1) is 10.7 Å². The summed E-state index contributed by atoms with van der Waals surface area (Å²) in [4.78, 5) is 4.36. The zero-order valence-corrected chi connectivity index (χ0v) is 14.8. The molecule has 0 unspecified atom stereocenters. The van der Waals surface area contributed by atoms with E-state index in [9.17, 15) is 0 Å². The number of nitrogens with zero attached hydrogens (tertiary/aromatic N) is 6. The maximum Gasteiger partial charge on any atom is 0.184 e. The lowest BCUT2D eigenvalue weighted by molar-refractivity contribution is 0.0798. The zero-order chi connectivity index (χ0) is 15.0. The highest BCUT2D eigenvalue weighted by atomic mass is 79.9. The molecular weight excluding hydrogens is 352 g/mol. The fourth-order valence-electron chi connectivity index (χ4n) is 1.97. The van der Waals surface area contributed by atoms with Gasteiger partial charge in [0.1, 0.15) is 18.6 Å². The largest absolute Gasteiger partial charge is 0.359 e. The third-order valence-corrected chi connectivity index (χ3v) is 5.47. The molecule has 0 saturated heterocycles. The van der Waals surface area contributed by atoms with E-state index in [1.54, 1.807) is 21.7 Å². The van der Waals surface area contributed by atoms with Gasteiger partial charge in [0.2, 0.25) is 0 Å². The standard InChI is InChI=1S/C12H17BrN6OSi/c1-21(2,3)5-4-20-8-19-12-10(16-17-19)11-9(13)6-15-18(11)7-14-12/h6-7H,4-5,8H2,1-3H3. The van der Waals surface area contributed by atoms with Gasteiger partial charge in [0, 0.05) is 14.7 Å². The van der Waals surface area contributed by atoms with Crippen molar-refractivity contribution in [2.75, 3.05) is 6.61 Å². The van der Waals surface area contributed by atoms with Crippen LogP contribution in [0.25, 0.3) is 16.7 Å². The Labute approximate surface area is 131 Å². The summed E-state index contributed by atoms with van der Waals surface area (Å²) in [5.41, 5.74) is 2.29. The molecule has 7 nitrogen and oxygen atoms in total. The van der Waals surface area contributed by atoms with Gasteiger partial charge in [-0.15, -0.1) is 5.10 Å². The average molecular weight is 369 g/mol. The maximum absolute atomic E-state index is 5.71. The maximum atomic E-state index is 5.71. The van der Waals surface area contributed by atoms with Crippen LogP contribution in [-0.2, 0) is 11.5 Å². The van der Waals surface area contributed by atoms with E-state index in [0.717, 1.165) is 28.2 Å². The van der Waals surface area contributed by atoms with E-state index in [2.05, 4.69) is 56.0 Å². The van der Waals surface area contributed by atoms with Crippen molar-refractivity contribution in [2.24, 2.45) is 0 Å². The summed E-state index contributed by atoms with van der Waals surface area (Å²) >= 11 is 3.47. The van der Waals surface area contributed by atoms with Gasteiger partial charge < -0.3 is 4.74 Å². The van der Waals surface area contributed by atoms with E-state index in [1.807, 2.05) is 0 Å². The van der Waals surface area contributed by atoms with Crippen LogP contribution in [0.5, 0.6) is 0 Å². The van der Waals surface area contributed by atoms with Crippen molar-refractivity contribution < 1.29 is 4.74 Å². The van der Waals surface area contributed by atoms with Crippen LogP contribution in [0.2, 0.25) is 25.7 Å². The Morgan fingerprint density at radius 1 is 1.33 bits per heavy atom. The third-order valence-electron chi connectivity index (χ3n) is 3.18. The van der Waals surface area contributed by atoms with E-state index in [0.29, 0.717) is 12.4 Å². The van der Waals surface area contributed by atoms with Gasteiger partial charge in [-0.3, -0.25) is 0 Å². The summed E-state index contributed by atoms with van der Waals surface area (Å²) < 4.78 is 9.94. The molecule has 0 aliphatic heterocycles. The lowest BCUT2D eigenvalue weighted by atomic mass is 10.4. The van der Waals surface area contributed by atoms with Crippen LogP contribution in [0, 0.1) is 0 Å². The molecule has 0 atom stereocenters. The van der Waals surface area contributed by atoms with Crippen molar-refractivity contribution in [3.05, 3.63) is 17.0 Å². The molecule has 9 heteroatoms. The fourth-order valence-corrected chi connectivity index (χ4v) is 3.18. The number of halogens is 1. The van der Waals surface area contributed by atoms with Gasteiger partial charge in [-0.1, -0.05) is 24.9 Å². The Morgan fingerprint density at radius 2 is 2.14 bits per heavy atom. The highest BCUT2D eigenvalue weighted by Crippen LogP contribution is 2.23. The number of aromatic nitrogens is 6. The van der Waals surface area contributed by atoms with Crippen molar-refractivity contribution in [3.8, 4) is 0 Å². The Kier molecular flexibility index (Phi) is 3.80. The Hall–Kier alpha value is -1.32. The first-order valence-electron chi connectivity index (χ1n) is 6.74. The number of rotatable bonds is 5. The highest BCUT2D eigenvalue weighted by Gasteiger charge is 2.15. The smallest absolute Gasteiger partial charge is 0.184 e. The van der Waals surface area contributed by atoms with Gasteiger partial charge in [0.25, 0.3) is 0 Å². The molecule has 3 aromatic rings. The molecule has 0 saturated carbocycles. The second-order valence-electron chi connectivity index (χ2n) is 6.14. The predicted octanol–water partition coefficient (Wildman–Crippen LogP) is 2.55. The second kappa shape index (κ2) is 5.47. The number of hydrogen-bond acceptors (Lipinski definition) is 5. The van der Waals surface area contributed by atoms with Crippen LogP contribution < -0.4 is 0 Å². The fraction of sp³-hybridized carbons (Fsp3) is 0.500. The Morgan fingerprint density at radius 3 is 2.90 bits per heavy atom. The van der Waals surface area contributed by atoms with Crippen molar-refractivity contribution in [3.63, 3.8) is 0 Å². The molecule has 3 rings (SSSR count). The first-order valence-corrected chi connectivity index (χ1v) is 11.2. The van der Waals surface area contributed by atoms with Crippen LogP contribution in [0.15, 0.2) is 17.0 Å². The monoisotopic (exact) mass is 368 g/mol. The van der Waals surface area contributed by atoms with Crippen LogP contribution in [0.3, 0.4) is 0 Å². The third kappa shape index (κ3) is 2.99. The first-order chi connectivity index (χ1) is 9.96. The molecule has 0 bridgehead atoms. The minimum atomic E-state index is -1.07. The lowest BCUT2D eigenvalue weighted by Crippen LogP contribution is -2.22. The van der Waals surface area contributed by atoms with E-state index < -0.39 is 8.07 Å². The molecule has 0 aromatic carbocycles. The SMILES string of the molecule is C[Si](C)(C)CCOCn1nnc2c1ncn1ncc(Br)c21. The van der Waals surface area contributed by atoms with Crippen molar-refractivity contribution in [2.45, 2.75) is 32.4 Å². The molecule has 0 N–H and O–H groups in total. The van der Waals surface area contributed by atoms with Crippen molar-refractivity contribution >= 4 is 40.7 Å². The van der Waals surface area contributed by atoms with E-state index >= 15 is 0 Å².